The van der Waals surface area contributed by atoms with Crippen LogP contribution in [0.4, 0.5) is 4.39 Å². The Morgan fingerprint density at radius 2 is 2.07 bits per heavy atom. The van der Waals surface area contributed by atoms with E-state index in [4.69, 9.17) is 0 Å². The molecule has 0 aliphatic carbocycles. The van der Waals surface area contributed by atoms with Crippen LogP contribution in [0.3, 0.4) is 0 Å². The van der Waals surface area contributed by atoms with E-state index in [0.717, 1.165) is 0 Å². The molecular weight excluding hydrogens is 181 g/mol. The third-order valence-corrected chi connectivity index (χ3v) is 2.21. The summed E-state index contributed by atoms with van der Waals surface area (Å²) in [5.74, 6) is -0.203. The van der Waals surface area contributed by atoms with Crippen molar-refractivity contribution < 1.29 is 9.18 Å². The lowest BCUT2D eigenvalue weighted by atomic mass is 10.1. The monoisotopic (exact) mass is 195 g/mol. The summed E-state index contributed by atoms with van der Waals surface area (Å²) in [4.78, 5) is 12.5. The zero-order valence-corrected chi connectivity index (χ0v) is 8.46. The second-order valence-corrected chi connectivity index (χ2v) is 3.28. The number of nitrogens with zero attached hydrogens (tertiary/aromatic N) is 1. The van der Waals surface area contributed by atoms with Crippen LogP contribution in [-0.4, -0.2) is 24.4 Å². The predicted molar refractivity (Wildman–Crippen MR) is 53.4 cm³/mol. The maximum absolute atomic E-state index is 13.1. The van der Waals surface area contributed by atoms with Gasteiger partial charge in [-0.2, -0.15) is 0 Å². The first-order valence-corrected chi connectivity index (χ1v) is 4.56. The summed E-state index contributed by atoms with van der Waals surface area (Å²) in [5, 5.41) is 0. The number of amides is 1. The molecule has 0 atom stereocenters. The fraction of sp³-hybridized carbons (Fsp3) is 0.364. The van der Waals surface area contributed by atoms with Gasteiger partial charge in [-0.05, 0) is 18.1 Å². The molecule has 0 aliphatic heterocycles. The van der Waals surface area contributed by atoms with Gasteiger partial charge in [0, 0.05) is 20.5 Å². The first kappa shape index (κ1) is 10.7. The van der Waals surface area contributed by atoms with E-state index in [1.54, 1.807) is 30.1 Å². The summed E-state index contributed by atoms with van der Waals surface area (Å²) >= 11 is 0. The molecule has 0 bridgehead atoms. The van der Waals surface area contributed by atoms with Crippen LogP contribution in [0, 0.1) is 5.82 Å². The van der Waals surface area contributed by atoms with Crippen molar-refractivity contribution in [2.75, 3.05) is 13.6 Å². The highest BCUT2D eigenvalue weighted by molar-refractivity contribution is 5.72. The van der Waals surface area contributed by atoms with Crippen LogP contribution >= 0.6 is 0 Å². The minimum atomic E-state index is -0.204. The Labute approximate surface area is 83.3 Å². The van der Waals surface area contributed by atoms with E-state index >= 15 is 0 Å². The van der Waals surface area contributed by atoms with Gasteiger partial charge in [0.1, 0.15) is 5.82 Å². The van der Waals surface area contributed by atoms with Gasteiger partial charge < -0.3 is 4.90 Å². The predicted octanol–water partition coefficient (Wildman–Crippen LogP) is 1.85. The first-order valence-electron chi connectivity index (χ1n) is 4.56. The minimum Gasteiger partial charge on any atom is -0.346 e. The third-order valence-electron chi connectivity index (χ3n) is 2.21. The molecule has 0 N–H and O–H groups in total. The van der Waals surface area contributed by atoms with Gasteiger partial charge in [0.25, 0.3) is 0 Å². The Hall–Kier alpha value is -1.38. The topological polar surface area (TPSA) is 20.3 Å². The van der Waals surface area contributed by atoms with E-state index in [2.05, 4.69) is 0 Å². The molecule has 2 nitrogen and oxygen atoms in total. The molecule has 1 aromatic rings. The van der Waals surface area contributed by atoms with Crippen molar-refractivity contribution in [2.45, 2.75) is 13.3 Å². The van der Waals surface area contributed by atoms with Crippen LogP contribution in [0.1, 0.15) is 12.5 Å². The normalized spacial score (nSPS) is 9.93. The van der Waals surface area contributed by atoms with E-state index in [1.807, 2.05) is 0 Å². The molecule has 0 unspecified atom stereocenters. The largest absolute Gasteiger partial charge is 0.346 e. The van der Waals surface area contributed by atoms with Crippen molar-refractivity contribution >= 4 is 5.91 Å². The number of hydrogen-bond donors (Lipinski definition) is 0. The molecule has 0 spiro atoms. The average Bonchev–Trinajstić information content (AvgIpc) is 2.16. The molecule has 1 aromatic carbocycles. The Bertz CT molecular complexity index is 325. The van der Waals surface area contributed by atoms with E-state index in [9.17, 15) is 9.18 Å². The van der Waals surface area contributed by atoms with Crippen LogP contribution in [0.25, 0.3) is 0 Å². The zero-order valence-electron chi connectivity index (χ0n) is 8.46. The van der Waals surface area contributed by atoms with E-state index in [1.165, 1.54) is 13.0 Å². The number of carbonyl (C=O) groups excluding carboxylic acids is 1. The Morgan fingerprint density at radius 1 is 1.43 bits per heavy atom. The van der Waals surface area contributed by atoms with Gasteiger partial charge in [0.15, 0.2) is 0 Å². The lowest BCUT2D eigenvalue weighted by Gasteiger charge is -2.14. The SMILES string of the molecule is CC(=O)N(C)CCc1ccccc1F. The Morgan fingerprint density at radius 3 is 2.64 bits per heavy atom. The lowest BCUT2D eigenvalue weighted by molar-refractivity contribution is -0.127. The summed E-state index contributed by atoms with van der Waals surface area (Å²) in [5.41, 5.74) is 0.653. The van der Waals surface area contributed by atoms with E-state index < -0.39 is 0 Å². The molecule has 0 aliphatic rings. The van der Waals surface area contributed by atoms with Crippen LogP contribution < -0.4 is 0 Å². The molecule has 1 rings (SSSR count). The number of hydrogen-bond acceptors (Lipinski definition) is 1. The molecular formula is C11H14FNO. The fourth-order valence-corrected chi connectivity index (χ4v) is 1.15. The van der Waals surface area contributed by atoms with Gasteiger partial charge in [0.05, 0.1) is 0 Å². The quantitative estimate of drug-likeness (QED) is 0.720. The summed E-state index contributed by atoms with van der Waals surface area (Å²) in [6.45, 7) is 2.05. The molecule has 0 fully saturated rings. The van der Waals surface area contributed by atoms with Crippen molar-refractivity contribution in [1.82, 2.24) is 4.90 Å². The minimum absolute atomic E-state index is 0.00124. The first-order chi connectivity index (χ1) is 6.61. The summed E-state index contributed by atoms with van der Waals surface area (Å²) in [7, 11) is 1.71. The number of carbonyl (C=O) groups is 1. The molecule has 0 heterocycles. The summed E-state index contributed by atoms with van der Waals surface area (Å²) in [6.07, 6.45) is 0.558. The van der Waals surface area contributed by atoms with Crippen molar-refractivity contribution in [1.29, 1.82) is 0 Å². The molecule has 0 saturated heterocycles. The second kappa shape index (κ2) is 4.74. The van der Waals surface area contributed by atoms with E-state index in [-0.39, 0.29) is 11.7 Å². The third kappa shape index (κ3) is 2.83. The van der Waals surface area contributed by atoms with Gasteiger partial charge in [-0.25, -0.2) is 4.39 Å². The molecule has 14 heavy (non-hydrogen) atoms. The molecule has 3 heteroatoms. The van der Waals surface area contributed by atoms with Crippen LogP contribution in [-0.2, 0) is 11.2 Å². The van der Waals surface area contributed by atoms with Gasteiger partial charge in [0.2, 0.25) is 5.91 Å². The smallest absolute Gasteiger partial charge is 0.219 e. The maximum atomic E-state index is 13.1. The maximum Gasteiger partial charge on any atom is 0.219 e. The fourth-order valence-electron chi connectivity index (χ4n) is 1.15. The molecule has 76 valence electrons. The number of benzene rings is 1. The van der Waals surface area contributed by atoms with Crippen molar-refractivity contribution in [3.05, 3.63) is 35.6 Å². The van der Waals surface area contributed by atoms with Crippen molar-refractivity contribution in [3.63, 3.8) is 0 Å². The van der Waals surface area contributed by atoms with Gasteiger partial charge in [-0.15, -0.1) is 0 Å². The zero-order chi connectivity index (χ0) is 10.6. The average molecular weight is 195 g/mol. The Balaban J connectivity index is 2.54. The molecule has 1 amide bonds. The molecule has 0 radical (unpaired) electrons. The molecule has 0 saturated carbocycles. The summed E-state index contributed by atoms with van der Waals surface area (Å²) in [6, 6.07) is 6.63. The lowest BCUT2D eigenvalue weighted by Crippen LogP contribution is -2.26. The van der Waals surface area contributed by atoms with Crippen LogP contribution in [0.15, 0.2) is 24.3 Å². The van der Waals surface area contributed by atoms with Crippen LogP contribution in [0.5, 0.6) is 0 Å². The van der Waals surface area contributed by atoms with Gasteiger partial charge >= 0.3 is 0 Å². The highest BCUT2D eigenvalue weighted by Gasteiger charge is 2.04. The van der Waals surface area contributed by atoms with Gasteiger partial charge in [-0.3, -0.25) is 4.79 Å². The highest BCUT2D eigenvalue weighted by atomic mass is 19.1. The van der Waals surface area contributed by atoms with E-state index in [0.29, 0.717) is 18.5 Å². The number of likely N-dealkylation sites (N-methyl/N-ethyl adjacent to an activating group) is 1. The molecule has 0 aromatic heterocycles. The number of rotatable bonds is 3. The standard InChI is InChI=1S/C11H14FNO/c1-9(14)13(2)8-7-10-5-3-4-6-11(10)12/h3-6H,7-8H2,1-2H3. The summed E-state index contributed by atoms with van der Waals surface area (Å²) < 4.78 is 13.1. The number of halogens is 1. The van der Waals surface area contributed by atoms with Crippen molar-refractivity contribution in [3.8, 4) is 0 Å². The van der Waals surface area contributed by atoms with Crippen molar-refractivity contribution in [2.24, 2.45) is 0 Å². The highest BCUT2D eigenvalue weighted by Crippen LogP contribution is 2.07. The van der Waals surface area contributed by atoms with Gasteiger partial charge in [-0.1, -0.05) is 18.2 Å². The second-order valence-electron chi connectivity index (χ2n) is 3.28. The van der Waals surface area contributed by atoms with Crippen LogP contribution in [0.2, 0.25) is 0 Å². The Kier molecular flexibility index (Phi) is 3.63.